The average molecular weight is 316 g/mol. The summed E-state index contributed by atoms with van der Waals surface area (Å²) in [5, 5.41) is 14.2. The zero-order valence-electron chi connectivity index (χ0n) is 12.8. The van der Waals surface area contributed by atoms with Gasteiger partial charge in [-0.25, -0.2) is 9.78 Å². The van der Waals surface area contributed by atoms with Crippen molar-refractivity contribution in [3.8, 4) is 0 Å². The maximum absolute atomic E-state index is 11.9. The van der Waals surface area contributed by atoms with Crippen LogP contribution in [0.15, 0.2) is 30.7 Å². The largest absolute Gasteiger partial charge is 0.462 e. The van der Waals surface area contributed by atoms with Gasteiger partial charge in [0.1, 0.15) is 5.56 Å². The zero-order valence-corrected chi connectivity index (χ0v) is 12.8. The number of carbonyl (C=O) groups is 1. The molecule has 1 N–H and O–H groups in total. The molecule has 0 unspecified atom stereocenters. The molecule has 8 nitrogen and oxygen atoms in total. The van der Waals surface area contributed by atoms with E-state index in [1.54, 1.807) is 19.3 Å². The Morgan fingerprint density at radius 1 is 1.39 bits per heavy atom. The summed E-state index contributed by atoms with van der Waals surface area (Å²) in [6, 6.07) is 3.09. The van der Waals surface area contributed by atoms with E-state index in [4.69, 9.17) is 4.74 Å². The number of pyridine rings is 2. The van der Waals surface area contributed by atoms with Crippen LogP contribution in [0.1, 0.15) is 28.4 Å². The number of hydrogen-bond acceptors (Lipinski definition) is 7. The normalized spacial score (nSPS) is 10.2. The summed E-state index contributed by atoms with van der Waals surface area (Å²) in [7, 11) is 0. The summed E-state index contributed by atoms with van der Waals surface area (Å²) in [6.07, 6.45) is 4.68. The molecule has 0 saturated heterocycles. The molecule has 0 aliphatic rings. The van der Waals surface area contributed by atoms with Gasteiger partial charge in [0.15, 0.2) is 0 Å². The summed E-state index contributed by atoms with van der Waals surface area (Å²) in [4.78, 5) is 30.5. The van der Waals surface area contributed by atoms with Gasteiger partial charge in [-0.15, -0.1) is 0 Å². The Bertz CT molecular complexity index is 733. The van der Waals surface area contributed by atoms with Gasteiger partial charge >= 0.3 is 11.7 Å². The molecule has 2 aromatic heterocycles. The van der Waals surface area contributed by atoms with Crippen molar-refractivity contribution in [1.29, 1.82) is 0 Å². The summed E-state index contributed by atoms with van der Waals surface area (Å²) in [5.74, 6) is -0.721. The third-order valence-electron chi connectivity index (χ3n) is 3.18. The van der Waals surface area contributed by atoms with Crippen molar-refractivity contribution in [2.75, 3.05) is 11.9 Å². The predicted octanol–water partition coefficient (Wildman–Crippen LogP) is 2.48. The molecule has 2 aromatic rings. The molecule has 0 aromatic carbocycles. The van der Waals surface area contributed by atoms with Crippen LogP contribution in [0.2, 0.25) is 0 Å². The van der Waals surface area contributed by atoms with Crippen LogP contribution in [0.25, 0.3) is 0 Å². The van der Waals surface area contributed by atoms with Gasteiger partial charge in [-0.05, 0) is 37.1 Å². The number of nitrogens with zero attached hydrogens (tertiary/aromatic N) is 3. The van der Waals surface area contributed by atoms with E-state index < -0.39 is 16.6 Å². The van der Waals surface area contributed by atoms with Crippen molar-refractivity contribution in [1.82, 2.24) is 9.97 Å². The lowest BCUT2D eigenvalue weighted by molar-refractivity contribution is -0.384. The van der Waals surface area contributed by atoms with Crippen LogP contribution in [0, 0.1) is 17.0 Å². The van der Waals surface area contributed by atoms with Crippen molar-refractivity contribution in [3.63, 3.8) is 0 Å². The van der Waals surface area contributed by atoms with Gasteiger partial charge in [0.25, 0.3) is 0 Å². The summed E-state index contributed by atoms with van der Waals surface area (Å²) >= 11 is 0. The molecule has 0 bridgehead atoms. The quantitative estimate of drug-likeness (QED) is 0.495. The monoisotopic (exact) mass is 316 g/mol. The highest BCUT2D eigenvalue weighted by atomic mass is 16.6. The number of anilines is 1. The molecule has 0 saturated carbocycles. The minimum atomic E-state index is -0.746. The third-order valence-corrected chi connectivity index (χ3v) is 3.18. The Balaban J connectivity index is 2.31. The number of hydrogen-bond donors (Lipinski definition) is 1. The number of carbonyl (C=O) groups excluding carboxylic acids is 1. The number of nitro groups is 1. The minimum Gasteiger partial charge on any atom is -0.462 e. The molecule has 0 amide bonds. The Hall–Kier alpha value is -3.03. The first kappa shape index (κ1) is 16.3. The van der Waals surface area contributed by atoms with E-state index in [9.17, 15) is 14.9 Å². The molecule has 8 heteroatoms. The average Bonchev–Trinajstić information content (AvgIpc) is 2.53. The fourth-order valence-electron chi connectivity index (χ4n) is 2.02. The Morgan fingerprint density at radius 2 is 2.17 bits per heavy atom. The lowest BCUT2D eigenvalue weighted by Gasteiger charge is -2.10. The Morgan fingerprint density at radius 3 is 2.83 bits per heavy atom. The van der Waals surface area contributed by atoms with Gasteiger partial charge < -0.3 is 10.1 Å². The van der Waals surface area contributed by atoms with Gasteiger partial charge in [-0.3, -0.25) is 15.1 Å². The Kier molecular flexibility index (Phi) is 5.19. The van der Waals surface area contributed by atoms with Crippen LogP contribution in [0.5, 0.6) is 0 Å². The van der Waals surface area contributed by atoms with Crippen molar-refractivity contribution < 1.29 is 14.5 Å². The third kappa shape index (κ3) is 3.79. The maximum atomic E-state index is 11.9. The van der Waals surface area contributed by atoms with Crippen LogP contribution in [-0.2, 0) is 11.3 Å². The Labute approximate surface area is 132 Å². The van der Waals surface area contributed by atoms with E-state index >= 15 is 0 Å². The molecular formula is C15H16N4O4. The number of aryl methyl sites for hydroxylation is 1. The molecule has 2 heterocycles. The second-order valence-corrected chi connectivity index (χ2v) is 4.69. The smallest absolute Gasteiger partial charge is 0.345 e. The molecule has 0 fully saturated rings. The summed E-state index contributed by atoms with van der Waals surface area (Å²) in [6.45, 7) is 3.99. The number of rotatable bonds is 6. The van der Waals surface area contributed by atoms with Gasteiger partial charge in [0.05, 0.1) is 11.5 Å². The molecule has 0 spiro atoms. The first-order chi connectivity index (χ1) is 11.0. The highest BCUT2D eigenvalue weighted by Crippen LogP contribution is 2.27. The first-order valence-electron chi connectivity index (χ1n) is 6.98. The number of ether oxygens (including phenoxy) is 1. The van der Waals surface area contributed by atoms with E-state index in [1.807, 2.05) is 13.0 Å². The molecule has 0 aliphatic heterocycles. The topological polar surface area (TPSA) is 107 Å². The van der Waals surface area contributed by atoms with Gasteiger partial charge in [-0.1, -0.05) is 0 Å². The molecule has 0 atom stereocenters. The SMILES string of the molecule is CCOC(=O)c1ccnc(NCc2ccncc2C)c1[N+](=O)[O-]. The predicted molar refractivity (Wildman–Crippen MR) is 83.1 cm³/mol. The van der Waals surface area contributed by atoms with Crippen LogP contribution in [-0.4, -0.2) is 27.5 Å². The molecule has 0 radical (unpaired) electrons. The second-order valence-electron chi connectivity index (χ2n) is 4.69. The van der Waals surface area contributed by atoms with E-state index in [2.05, 4.69) is 15.3 Å². The highest BCUT2D eigenvalue weighted by molar-refractivity contribution is 5.96. The maximum Gasteiger partial charge on any atom is 0.345 e. The summed E-state index contributed by atoms with van der Waals surface area (Å²) < 4.78 is 4.85. The number of aromatic nitrogens is 2. The van der Waals surface area contributed by atoms with Crippen LogP contribution < -0.4 is 5.32 Å². The molecule has 23 heavy (non-hydrogen) atoms. The highest BCUT2D eigenvalue weighted by Gasteiger charge is 2.26. The van der Waals surface area contributed by atoms with Crippen molar-refractivity contribution in [3.05, 3.63) is 57.5 Å². The van der Waals surface area contributed by atoms with Gasteiger partial charge in [0.2, 0.25) is 5.82 Å². The fourth-order valence-corrected chi connectivity index (χ4v) is 2.02. The first-order valence-corrected chi connectivity index (χ1v) is 6.98. The molecule has 0 aliphatic carbocycles. The lowest BCUT2D eigenvalue weighted by atomic mass is 10.1. The van der Waals surface area contributed by atoms with Gasteiger partial charge in [-0.2, -0.15) is 0 Å². The van der Waals surface area contributed by atoms with Crippen molar-refractivity contribution >= 4 is 17.5 Å². The lowest BCUT2D eigenvalue weighted by Crippen LogP contribution is -2.12. The van der Waals surface area contributed by atoms with Gasteiger partial charge in [0, 0.05) is 25.1 Å². The zero-order chi connectivity index (χ0) is 16.8. The van der Waals surface area contributed by atoms with Crippen molar-refractivity contribution in [2.45, 2.75) is 20.4 Å². The second kappa shape index (κ2) is 7.30. The summed E-state index contributed by atoms with van der Waals surface area (Å²) in [5.41, 5.74) is 1.36. The minimum absolute atomic E-state index is 0.0248. The molecule has 2 rings (SSSR count). The van der Waals surface area contributed by atoms with Crippen LogP contribution in [0.4, 0.5) is 11.5 Å². The number of nitrogens with one attached hydrogen (secondary N) is 1. The number of esters is 1. The van der Waals surface area contributed by atoms with Crippen LogP contribution >= 0.6 is 0 Å². The molecule has 120 valence electrons. The standard InChI is InChI=1S/C15H16N4O4/c1-3-23-15(20)12-5-7-17-14(13(12)19(21)22)18-9-11-4-6-16-8-10(11)2/h4-8H,3,9H2,1-2H3,(H,17,18). The molecular weight excluding hydrogens is 300 g/mol. The van der Waals surface area contributed by atoms with E-state index in [0.717, 1.165) is 11.1 Å². The van der Waals surface area contributed by atoms with E-state index in [-0.39, 0.29) is 18.0 Å². The van der Waals surface area contributed by atoms with Crippen molar-refractivity contribution in [2.24, 2.45) is 0 Å². The van der Waals surface area contributed by atoms with Crippen LogP contribution in [0.3, 0.4) is 0 Å². The van der Waals surface area contributed by atoms with E-state index in [1.165, 1.54) is 12.3 Å². The fraction of sp³-hybridized carbons (Fsp3) is 0.267. The van der Waals surface area contributed by atoms with E-state index in [0.29, 0.717) is 6.54 Å².